The molecule has 4 nitrogen and oxygen atoms in total. The van der Waals surface area contributed by atoms with Crippen molar-refractivity contribution in [2.75, 3.05) is 0 Å². The van der Waals surface area contributed by atoms with Gasteiger partial charge in [0.25, 0.3) is 0 Å². The van der Waals surface area contributed by atoms with E-state index in [9.17, 15) is 19.8 Å². The Morgan fingerprint density at radius 3 is 2.33 bits per heavy atom. The quantitative estimate of drug-likeness (QED) is 0.722. The number of ketones is 2. The molecule has 1 spiro atoms. The molecule has 5 fully saturated rings. The second-order valence-electron chi connectivity index (χ2n) is 9.25. The van der Waals surface area contributed by atoms with E-state index in [1.54, 1.807) is 0 Å². The highest BCUT2D eigenvalue weighted by molar-refractivity contribution is 6.12. The molecule has 2 bridgehead atoms. The van der Waals surface area contributed by atoms with Gasteiger partial charge in [-0.05, 0) is 56.8 Å². The van der Waals surface area contributed by atoms with Crippen LogP contribution in [-0.2, 0) is 9.59 Å². The van der Waals surface area contributed by atoms with Gasteiger partial charge in [-0.3, -0.25) is 9.59 Å². The summed E-state index contributed by atoms with van der Waals surface area (Å²) in [5.74, 6) is -1.17. The average molecular weight is 332 g/mol. The zero-order chi connectivity index (χ0) is 17.8. The highest BCUT2D eigenvalue weighted by Crippen LogP contribution is 2.74. The fraction of sp³-hybridized carbons (Fsp3) is 0.800. The Balaban J connectivity index is 2.07. The van der Waals surface area contributed by atoms with Crippen LogP contribution in [0.3, 0.4) is 0 Å². The van der Waals surface area contributed by atoms with E-state index in [4.69, 9.17) is 0 Å². The summed E-state index contributed by atoms with van der Waals surface area (Å²) in [7, 11) is 0. The van der Waals surface area contributed by atoms with Gasteiger partial charge in [0.1, 0.15) is 0 Å². The van der Waals surface area contributed by atoms with Crippen molar-refractivity contribution in [1.82, 2.24) is 0 Å². The smallest absolute Gasteiger partial charge is 0.174 e. The van der Waals surface area contributed by atoms with Gasteiger partial charge in [0.15, 0.2) is 22.8 Å². The molecule has 5 rings (SSSR count). The van der Waals surface area contributed by atoms with Gasteiger partial charge in [0.2, 0.25) is 0 Å². The minimum Gasteiger partial charge on any atom is -0.379 e. The number of carbonyl (C=O) groups excluding carboxylic acids is 2. The van der Waals surface area contributed by atoms with Gasteiger partial charge in [0.05, 0.1) is 0 Å². The van der Waals surface area contributed by atoms with E-state index in [2.05, 4.69) is 13.5 Å². The molecule has 0 heterocycles. The minimum atomic E-state index is -2.03. The zero-order valence-corrected chi connectivity index (χ0v) is 15.0. The van der Waals surface area contributed by atoms with Crippen LogP contribution in [0.2, 0.25) is 0 Å². The molecule has 0 aromatic rings. The highest BCUT2D eigenvalue weighted by atomic mass is 16.4. The number of fused-ring (bicyclic) bond motifs is 1. The molecule has 0 amide bonds. The van der Waals surface area contributed by atoms with E-state index in [1.165, 1.54) is 6.92 Å². The third-order valence-corrected chi connectivity index (χ3v) is 8.18. The summed E-state index contributed by atoms with van der Waals surface area (Å²) < 4.78 is 0. The van der Waals surface area contributed by atoms with E-state index in [0.717, 1.165) is 19.3 Å². The molecular weight excluding hydrogens is 304 g/mol. The number of carbonyl (C=O) groups is 2. The Labute approximate surface area is 143 Å². The number of hydrogen-bond donors (Lipinski definition) is 2. The van der Waals surface area contributed by atoms with Crippen molar-refractivity contribution in [3.05, 3.63) is 12.2 Å². The molecule has 9 atom stereocenters. The highest BCUT2D eigenvalue weighted by Gasteiger charge is 2.84. The van der Waals surface area contributed by atoms with E-state index in [-0.39, 0.29) is 29.3 Å². The lowest BCUT2D eigenvalue weighted by Crippen LogP contribution is -2.84. The van der Waals surface area contributed by atoms with Crippen molar-refractivity contribution in [2.45, 2.75) is 58.2 Å². The van der Waals surface area contributed by atoms with E-state index < -0.39 is 28.5 Å². The maximum Gasteiger partial charge on any atom is 0.174 e. The average Bonchev–Trinajstić information content (AvgIpc) is 2.77. The second-order valence-corrected chi connectivity index (χ2v) is 9.25. The van der Waals surface area contributed by atoms with Crippen molar-refractivity contribution in [2.24, 2.45) is 40.9 Å². The molecule has 0 aromatic heterocycles. The summed E-state index contributed by atoms with van der Waals surface area (Å²) in [6.07, 6.45) is 2.65. The molecule has 5 aliphatic rings. The van der Waals surface area contributed by atoms with Gasteiger partial charge in [-0.15, -0.1) is 0 Å². The minimum absolute atomic E-state index is 0.0687. The molecule has 5 saturated carbocycles. The first-order chi connectivity index (χ1) is 11.0. The van der Waals surface area contributed by atoms with Crippen LogP contribution < -0.4 is 0 Å². The fourth-order valence-corrected chi connectivity index (χ4v) is 7.45. The van der Waals surface area contributed by atoms with Gasteiger partial charge in [-0.25, -0.2) is 0 Å². The Bertz CT molecular complexity index is 665. The molecule has 5 aliphatic carbocycles. The molecule has 0 radical (unpaired) electrons. The number of hydrogen-bond acceptors (Lipinski definition) is 4. The molecular formula is C20H28O4. The van der Waals surface area contributed by atoms with Crippen LogP contribution in [0.25, 0.3) is 0 Å². The first-order valence-corrected chi connectivity index (χ1v) is 9.23. The number of Topliss-reactive ketones (excluding diaryl/α,β-unsaturated/α-hetero) is 2. The molecule has 24 heavy (non-hydrogen) atoms. The lowest BCUT2D eigenvalue weighted by molar-refractivity contribution is -0.255. The normalized spacial score (nSPS) is 58.8. The first-order valence-electron chi connectivity index (χ1n) is 9.23. The van der Waals surface area contributed by atoms with E-state index in [0.29, 0.717) is 11.5 Å². The van der Waals surface area contributed by atoms with Gasteiger partial charge in [-0.2, -0.15) is 0 Å². The Morgan fingerprint density at radius 2 is 1.75 bits per heavy atom. The summed E-state index contributed by atoms with van der Waals surface area (Å²) in [6.45, 7) is 11.4. The van der Waals surface area contributed by atoms with Crippen LogP contribution in [0, 0.1) is 40.9 Å². The Morgan fingerprint density at radius 1 is 1.12 bits per heavy atom. The van der Waals surface area contributed by atoms with Crippen LogP contribution in [0.4, 0.5) is 0 Å². The predicted molar refractivity (Wildman–Crippen MR) is 89.0 cm³/mol. The van der Waals surface area contributed by atoms with Gasteiger partial charge in [-0.1, -0.05) is 26.0 Å². The van der Waals surface area contributed by atoms with Crippen LogP contribution in [0.5, 0.6) is 0 Å². The number of rotatable bonds is 1. The van der Waals surface area contributed by atoms with E-state index >= 15 is 0 Å². The van der Waals surface area contributed by atoms with Crippen molar-refractivity contribution in [1.29, 1.82) is 0 Å². The summed E-state index contributed by atoms with van der Waals surface area (Å²) >= 11 is 0. The van der Waals surface area contributed by atoms with Crippen LogP contribution in [0.15, 0.2) is 12.2 Å². The Hall–Kier alpha value is -1.00. The van der Waals surface area contributed by atoms with Crippen molar-refractivity contribution in [3.63, 3.8) is 0 Å². The molecule has 0 aromatic carbocycles. The molecule has 1 unspecified atom stereocenters. The molecule has 0 saturated heterocycles. The lowest BCUT2D eigenvalue weighted by atomic mass is 9.35. The molecule has 4 heteroatoms. The maximum absolute atomic E-state index is 13.5. The fourth-order valence-electron chi connectivity index (χ4n) is 7.45. The number of aliphatic hydroxyl groups is 2. The maximum atomic E-state index is 13.5. The Kier molecular flexibility index (Phi) is 3.01. The summed E-state index contributed by atoms with van der Waals surface area (Å²) in [4.78, 5) is 27.0. The van der Waals surface area contributed by atoms with Gasteiger partial charge < -0.3 is 10.2 Å². The van der Waals surface area contributed by atoms with Gasteiger partial charge >= 0.3 is 0 Å². The third kappa shape index (κ3) is 1.35. The molecule has 2 N–H and O–H groups in total. The summed E-state index contributed by atoms with van der Waals surface area (Å²) in [5.41, 5.74) is -4.17. The third-order valence-electron chi connectivity index (χ3n) is 8.18. The predicted octanol–water partition coefficient (Wildman–Crippen LogP) is 2.13. The molecule has 0 aliphatic heterocycles. The monoisotopic (exact) mass is 332 g/mol. The van der Waals surface area contributed by atoms with Crippen molar-refractivity contribution >= 4 is 11.6 Å². The van der Waals surface area contributed by atoms with Crippen LogP contribution >= 0.6 is 0 Å². The van der Waals surface area contributed by atoms with Crippen molar-refractivity contribution < 1.29 is 19.8 Å². The first kappa shape index (κ1) is 16.5. The second kappa shape index (κ2) is 4.39. The lowest BCUT2D eigenvalue weighted by Gasteiger charge is -2.68. The van der Waals surface area contributed by atoms with Crippen LogP contribution in [-0.4, -0.2) is 33.0 Å². The largest absolute Gasteiger partial charge is 0.379 e. The standard InChI is InChI=1S/C20H28O4/c1-9(2)14-13-8-11(4)12-7-6-10(3)15-16(21)20(14,24)18(5,23)17(22)19(12,13)15/h10-15,23-24H,1,6-8H2,2-5H3/t10-,11-,12+,13-,14-,15-,18?,19-,20-/m0/s1. The van der Waals surface area contributed by atoms with Crippen molar-refractivity contribution in [3.8, 4) is 0 Å². The van der Waals surface area contributed by atoms with Gasteiger partial charge in [0, 0.05) is 17.3 Å². The molecule has 132 valence electrons. The van der Waals surface area contributed by atoms with Crippen LogP contribution in [0.1, 0.15) is 47.0 Å². The zero-order valence-electron chi connectivity index (χ0n) is 15.0. The SMILES string of the molecule is C=C(C)[C@H]1[C@@H]2C[C@H](C)[C@H]3CC[C@H](C)[C@H]4C(=O)[C@]1(O)C(C)(O)C(=O)[C@]342. The topological polar surface area (TPSA) is 74.6 Å². The summed E-state index contributed by atoms with van der Waals surface area (Å²) in [5, 5.41) is 22.6. The summed E-state index contributed by atoms with van der Waals surface area (Å²) in [6, 6.07) is 0. The van der Waals surface area contributed by atoms with E-state index in [1.807, 2.05) is 13.8 Å².